The van der Waals surface area contributed by atoms with E-state index >= 15 is 0 Å². The molecule has 21 heavy (non-hydrogen) atoms. The van der Waals surface area contributed by atoms with Crippen LogP contribution in [-0.2, 0) is 0 Å². The summed E-state index contributed by atoms with van der Waals surface area (Å²) in [6, 6.07) is 23.6. The molecule has 4 rings (SSSR count). The first-order valence-electron chi connectivity index (χ1n) is 6.84. The highest BCUT2D eigenvalue weighted by molar-refractivity contribution is 6.03. The zero-order valence-corrected chi connectivity index (χ0v) is 11.2. The van der Waals surface area contributed by atoms with E-state index in [1.807, 2.05) is 36.4 Å². The van der Waals surface area contributed by atoms with E-state index in [1.54, 1.807) is 6.07 Å². The van der Waals surface area contributed by atoms with Crippen LogP contribution in [0.25, 0.3) is 32.9 Å². The first-order chi connectivity index (χ1) is 10.3. The normalized spacial score (nSPS) is 11.0. The summed E-state index contributed by atoms with van der Waals surface area (Å²) in [6.07, 6.45) is 0. The second-order valence-corrected chi connectivity index (χ2v) is 5.01. The van der Waals surface area contributed by atoms with Crippen LogP contribution in [0.15, 0.2) is 82.0 Å². The molecule has 0 aliphatic heterocycles. The molecule has 0 unspecified atom stereocenters. The Balaban J connectivity index is 2.14. The van der Waals surface area contributed by atoms with Gasteiger partial charge >= 0.3 is 5.63 Å². The van der Waals surface area contributed by atoms with Gasteiger partial charge in [0.25, 0.3) is 0 Å². The summed E-state index contributed by atoms with van der Waals surface area (Å²) in [5.74, 6) is 0. The van der Waals surface area contributed by atoms with Crippen molar-refractivity contribution in [3.63, 3.8) is 0 Å². The highest BCUT2D eigenvalue weighted by Gasteiger charge is 2.09. The molecule has 0 amide bonds. The van der Waals surface area contributed by atoms with Gasteiger partial charge in [-0.3, -0.25) is 0 Å². The van der Waals surface area contributed by atoms with Crippen molar-refractivity contribution in [1.82, 2.24) is 0 Å². The van der Waals surface area contributed by atoms with E-state index in [4.69, 9.17) is 4.42 Å². The van der Waals surface area contributed by atoms with Gasteiger partial charge in [0.1, 0.15) is 5.58 Å². The molecule has 0 fully saturated rings. The van der Waals surface area contributed by atoms with Gasteiger partial charge in [-0.25, -0.2) is 4.79 Å². The van der Waals surface area contributed by atoms with Gasteiger partial charge in [0.2, 0.25) is 0 Å². The van der Waals surface area contributed by atoms with Crippen molar-refractivity contribution in [3.05, 3.63) is 83.2 Å². The maximum absolute atomic E-state index is 11.6. The minimum Gasteiger partial charge on any atom is -0.422 e. The fourth-order valence-corrected chi connectivity index (χ4v) is 2.76. The molecule has 0 bridgehead atoms. The first-order valence-corrected chi connectivity index (χ1v) is 6.84. The zero-order valence-electron chi connectivity index (χ0n) is 11.2. The molecule has 0 radical (unpaired) electrons. The van der Waals surface area contributed by atoms with Crippen molar-refractivity contribution in [2.45, 2.75) is 0 Å². The maximum atomic E-state index is 11.6. The lowest BCUT2D eigenvalue weighted by Gasteiger charge is -2.08. The van der Waals surface area contributed by atoms with Crippen molar-refractivity contribution in [1.29, 1.82) is 0 Å². The quantitative estimate of drug-likeness (QED) is 0.473. The van der Waals surface area contributed by atoms with Crippen molar-refractivity contribution in [2.24, 2.45) is 0 Å². The van der Waals surface area contributed by atoms with Gasteiger partial charge in [-0.2, -0.15) is 0 Å². The van der Waals surface area contributed by atoms with E-state index in [0.717, 1.165) is 21.9 Å². The van der Waals surface area contributed by atoms with Gasteiger partial charge in [-0.15, -0.1) is 0 Å². The largest absolute Gasteiger partial charge is 0.422 e. The molecule has 2 heteroatoms. The smallest absolute Gasteiger partial charge is 0.336 e. The third-order valence-electron chi connectivity index (χ3n) is 3.73. The van der Waals surface area contributed by atoms with Crippen molar-refractivity contribution in [3.8, 4) is 11.1 Å². The Bertz CT molecular complexity index is 1010. The van der Waals surface area contributed by atoms with E-state index in [0.29, 0.717) is 5.58 Å². The second kappa shape index (κ2) is 4.60. The minimum absolute atomic E-state index is 0.324. The molecule has 2 nitrogen and oxygen atoms in total. The van der Waals surface area contributed by atoms with Crippen LogP contribution >= 0.6 is 0 Å². The summed E-state index contributed by atoms with van der Waals surface area (Å²) in [5, 5.41) is 3.25. The van der Waals surface area contributed by atoms with Crippen molar-refractivity contribution in [2.75, 3.05) is 0 Å². The topological polar surface area (TPSA) is 30.2 Å². The summed E-state index contributed by atoms with van der Waals surface area (Å²) < 4.78 is 5.44. The molecule has 1 heterocycles. The van der Waals surface area contributed by atoms with Gasteiger partial charge < -0.3 is 4.42 Å². The fourth-order valence-electron chi connectivity index (χ4n) is 2.76. The van der Waals surface area contributed by atoms with Crippen LogP contribution in [0.5, 0.6) is 0 Å². The van der Waals surface area contributed by atoms with E-state index in [9.17, 15) is 4.79 Å². The van der Waals surface area contributed by atoms with Crippen LogP contribution < -0.4 is 5.63 Å². The Morgan fingerprint density at radius 1 is 0.619 bits per heavy atom. The summed E-state index contributed by atoms with van der Waals surface area (Å²) in [4.78, 5) is 11.6. The zero-order chi connectivity index (χ0) is 14.2. The van der Waals surface area contributed by atoms with Crippen LogP contribution in [0.2, 0.25) is 0 Å². The van der Waals surface area contributed by atoms with E-state index in [1.165, 1.54) is 11.5 Å². The van der Waals surface area contributed by atoms with Crippen LogP contribution in [0.3, 0.4) is 0 Å². The number of hydrogen-bond acceptors (Lipinski definition) is 2. The molecule has 0 saturated heterocycles. The molecule has 3 aromatic carbocycles. The lowest BCUT2D eigenvalue weighted by molar-refractivity contribution is 0.562. The molecule has 0 aliphatic rings. The van der Waals surface area contributed by atoms with Crippen LogP contribution in [0, 0.1) is 0 Å². The molecule has 0 N–H and O–H groups in total. The molecular weight excluding hydrogens is 260 g/mol. The van der Waals surface area contributed by atoms with Gasteiger partial charge in [0.05, 0.1) is 0 Å². The average molecular weight is 272 g/mol. The van der Waals surface area contributed by atoms with E-state index < -0.39 is 0 Å². The Kier molecular flexibility index (Phi) is 2.61. The van der Waals surface area contributed by atoms with Gasteiger partial charge in [0, 0.05) is 17.0 Å². The Labute approximate surface area is 121 Å². The van der Waals surface area contributed by atoms with E-state index in [2.05, 4.69) is 24.3 Å². The molecule has 0 atom stereocenters. The summed E-state index contributed by atoms with van der Waals surface area (Å²) in [5.41, 5.74) is 2.34. The number of rotatable bonds is 1. The maximum Gasteiger partial charge on any atom is 0.336 e. The number of fused-ring (bicyclic) bond motifs is 2. The number of para-hydroxylation sites is 1. The monoisotopic (exact) mass is 272 g/mol. The standard InChI is InChI=1S/C19H12O2/c20-18-12-11-14-7-4-10-17(19(14)21-18)16-9-3-6-13-5-1-2-8-15(13)16/h1-12H. The fraction of sp³-hybridized carbons (Fsp3) is 0. The van der Waals surface area contributed by atoms with Gasteiger partial charge in [-0.05, 0) is 22.4 Å². The average Bonchev–Trinajstić information content (AvgIpc) is 2.54. The Morgan fingerprint density at radius 3 is 2.24 bits per heavy atom. The number of hydrogen-bond donors (Lipinski definition) is 0. The highest BCUT2D eigenvalue weighted by atomic mass is 16.4. The van der Waals surface area contributed by atoms with Crippen LogP contribution in [-0.4, -0.2) is 0 Å². The summed E-state index contributed by atoms with van der Waals surface area (Å²) in [6.45, 7) is 0. The Morgan fingerprint density at radius 2 is 1.33 bits per heavy atom. The molecular formula is C19H12O2. The van der Waals surface area contributed by atoms with E-state index in [-0.39, 0.29) is 5.63 Å². The summed E-state index contributed by atoms with van der Waals surface area (Å²) in [7, 11) is 0. The SMILES string of the molecule is O=c1ccc2cccc(-c3cccc4ccccc34)c2o1. The first kappa shape index (κ1) is 11.9. The van der Waals surface area contributed by atoms with Gasteiger partial charge in [0.15, 0.2) is 0 Å². The molecule has 1 aromatic heterocycles. The lowest BCUT2D eigenvalue weighted by atomic mass is 9.97. The highest BCUT2D eigenvalue weighted by Crippen LogP contribution is 2.33. The summed E-state index contributed by atoms with van der Waals surface area (Å²) >= 11 is 0. The molecule has 0 aliphatic carbocycles. The molecule has 0 saturated carbocycles. The van der Waals surface area contributed by atoms with Crippen molar-refractivity contribution < 1.29 is 4.42 Å². The van der Waals surface area contributed by atoms with Gasteiger partial charge in [-0.1, -0.05) is 60.7 Å². The minimum atomic E-state index is -0.324. The third kappa shape index (κ3) is 1.93. The predicted octanol–water partition coefficient (Wildman–Crippen LogP) is 4.61. The number of benzene rings is 3. The van der Waals surface area contributed by atoms with Crippen LogP contribution in [0.4, 0.5) is 0 Å². The molecule has 4 aromatic rings. The lowest BCUT2D eigenvalue weighted by Crippen LogP contribution is -1.95. The molecule has 100 valence electrons. The van der Waals surface area contributed by atoms with Crippen LogP contribution in [0.1, 0.15) is 0 Å². The molecule has 0 spiro atoms. The second-order valence-electron chi connectivity index (χ2n) is 5.01. The predicted molar refractivity (Wildman–Crippen MR) is 85.4 cm³/mol. The Hall–Kier alpha value is -2.87. The van der Waals surface area contributed by atoms with Crippen molar-refractivity contribution >= 4 is 21.7 Å². The third-order valence-corrected chi connectivity index (χ3v) is 3.73.